The van der Waals surface area contributed by atoms with Crippen LogP contribution in [0.3, 0.4) is 0 Å². The Morgan fingerprint density at radius 1 is 1.40 bits per heavy atom. The molecule has 82 valence electrons. The van der Waals surface area contributed by atoms with Crippen LogP contribution in [0.5, 0.6) is 0 Å². The third kappa shape index (κ3) is 2.75. The molecule has 1 saturated heterocycles. The molecule has 1 fully saturated rings. The molecule has 0 aliphatic carbocycles. The number of aliphatic carboxylic acids is 1. The summed E-state index contributed by atoms with van der Waals surface area (Å²) < 4.78 is 0. The van der Waals surface area contributed by atoms with Crippen LogP contribution in [0.15, 0.2) is 5.11 Å². The van der Waals surface area contributed by atoms with Gasteiger partial charge in [0.05, 0.1) is 12.0 Å². The van der Waals surface area contributed by atoms with Gasteiger partial charge in [0.1, 0.15) is 0 Å². The molecule has 8 nitrogen and oxygen atoms in total. The number of carboxylic acids is 1. The summed E-state index contributed by atoms with van der Waals surface area (Å²) in [5, 5.41) is 20.9. The topological polar surface area (TPSA) is 127 Å². The Morgan fingerprint density at radius 3 is 2.53 bits per heavy atom. The summed E-state index contributed by atoms with van der Waals surface area (Å²) in [6, 6.07) is -0.596. The molecule has 15 heavy (non-hydrogen) atoms. The Balaban J connectivity index is 2.76. The minimum absolute atomic E-state index is 0.0535. The molecular weight excluding hydrogens is 204 g/mol. The van der Waals surface area contributed by atoms with Crippen LogP contribution >= 0.6 is 0 Å². The molecule has 0 radical (unpaired) electrons. The zero-order valence-electron chi connectivity index (χ0n) is 7.78. The van der Waals surface area contributed by atoms with Crippen molar-refractivity contribution in [2.75, 3.05) is 13.1 Å². The Hall–Kier alpha value is -1.95. The zero-order chi connectivity index (χ0) is 11.4. The van der Waals surface area contributed by atoms with Crippen LogP contribution in [0, 0.1) is 5.92 Å². The number of carbonyl (C=O) groups is 2. The van der Waals surface area contributed by atoms with Gasteiger partial charge in [0, 0.05) is 18.0 Å². The quantitative estimate of drug-likeness (QED) is 0.399. The Labute approximate surface area is 84.7 Å². The first-order valence-electron chi connectivity index (χ1n) is 4.29. The normalized spacial score (nSPS) is 25.5. The Bertz CT molecular complexity index is 288. The first-order chi connectivity index (χ1) is 7.04. The van der Waals surface area contributed by atoms with E-state index in [1.54, 1.807) is 0 Å². The third-order valence-corrected chi connectivity index (χ3v) is 2.26. The van der Waals surface area contributed by atoms with Crippen molar-refractivity contribution in [3.8, 4) is 0 Å². The van der Waals surface area contributed by atoms with E-state index in [0.717, 1.165) is 4.90 Å². The summed E-state index contributed by atoms with van der Waals surface area (Å²) in [7, 11) is 0. The summed E-state index contributed by atoms with van der Waals surface area (Å²) in [6.07, 6.45) is -1.01. The van der Waals surface area contributed by atoms with Crippen molar-refractivity contribution in [3.05, 3.63) is 10.4 Å². The minimum Gasteiger partial charge on any atom is -0.481 e. The number of hydrogen-bond acceptors (Lipinski definition) is 3. The van der Waals surface area contributed by atoms with Crippen LogP contribution in [0.2, 0.25) is 0 Å². The van der Waals surface area contributed by atoms with Crippen molar-refractivity contribution in [1.82, 2.24) is 4.90 Å². The molecule has 2 N–H and O–H groups in total. The average Bonchev–Trinajstić information content (AvgIpc) is 2.17. The lowest BCUT2D eigenvalue weighted by molar-refractivity contribution is -0.143. The molecular formula is C7H10N4O4. The van der Waals surface area contributed by atoms with Gasteiger partial charge >= 0.3 is 12.1 Å². The van der Waals surface area contributed by atoms with Gasteiger partial charge in [0.25, 0.3) is 0 Å². The number of amides is 1. The van der Waals surface area contributed by atoms with E-state index < -0.39 is 24.0 Å². The largest absolute Gasteiger partial charge is 0.481 e. The molecule has 2 atom stereocenters. The first kappa shape index (κ1) is 11.1. The fraction of sp³-hybridized carbons (Fsp3) is 0.714. The summed E-state index contributed by atoms with van der Waals surface area (Å²) in [4.78, 5) is 24.9. The lowest BCUT2D eigenvalue weighted by Gasteiger charge is -2.32. The fourth-order valence-corrected chi connectivity index (χ4v) is 1.56. The number of nitrogens with zero attached hydrogens (tertiary/aromatic N) is 4. The highest BCUT2D eigenvalue weighted by atomic mass is 16.4. The van der Waals surface area contributed by atoms with Crippen LogP contribution in [0.4, 0.5) is 4.79 Å². The maximum atomic E-state index is 10.7. The van der Waals surface area contributed by atoms with Gasteiger partial charge in [-0.3, -0.25) is 4.79 Å². The summed E-state index contributed by atoms with van der Waals surface area (Å²) in [5.41, 5.74) is 8.21. The number of hydrogen-bond donors (Lipinski definition) is 2. The molecule has 0 bridgehead atoms. The standard InChI is InChI=1S/C7H10N4O4/c8-10-9-5-1-4(6(12)13)2-11(3-5)7(14)15/h4-5H,1-3H2,(H,12,13)(H,14,15). The van der Waals surface area contributed by atoms with Crippen molar-refractivity contribution < 1.29 is 19.8 Å². The number of piperidine rings is 1. The second-order valence-corrected chi connectivity index (χ2v) is 3.32. The van der Waals surface area contributed by atoms with Gasteiger partial charge in [-0.1, -0.05) is 5.11 Å². The van der Waals surface area contributed by atoms with Gasteiger partial charge in [-0.05, 0) is 12.0 Å². The molecule has 0 spiro atoms. The highest BCUT2D eigenvalue weighted by Crippen LogP contribution is 2.19. The van der Waals surface area contributed by atoms with Gasteiger partial charge in [-0.2, -0.15) is 0 Å². The molecule has 8 heteroatoms. The smallest absolute Gasteiger partial charge is 0.407 e. The van der Waals surface area contributed by atoms with Crippen molar-refractivity contribution in [3.63, 3.8) is 0 Å². The molecule has 1 aliphatic heterocycles. The maximum Gasteiger partial charge on any atom is 0.407 e. The average molecular weight is 214 g/mol. The van der Waals surface area contributed by atoms with E-state index in [4.69, 9.17) is 15.7 Å². The monoisotopic (exact) mass is 214 g/mol. The maximum absolute atomic E-state index is 10.7. The van der Waals surface area contributed by atoms with E-state index >= 15 is 0 Å². The second kappa shape index (κ2) is 4.52. The molecule has 1 amide bonds. The van der Waals surface area contributed by atoms with Gasteiger partial charge in [-0.25, -0.2) is 4.79 Å². The van der Waals surface area contributed by atoms with E-state index in [9.17, 15) is 9.59 Å². The van der Waals surface area contributed by atoms with Gasteiger partial charge < -0.3 is 15.1 Å². The molecule has 0 aromatic rings. The lowest BCUT2D eigenvalue weighted by Crippen LogP contribution is -2.47. The second-order valence-electron chi connectivity index (χ2n) is 3.32. The Kier molecular flexibility index (Phi) is 3.35. The van der Waals surface area contributed by atoms with Crippen LogP contribution in [0.25, 0.3) is 10.4 Å². The number of rotatable bonds is 2. The first-order valence-corrected chi connectivity index (χ1v) is 4.29. The highest BCUT2D eigenvalue weighted by molar-refractivity contribution is 5.72. The molecule has 1 aliphatic rings. The van der Waals surface area contributed by atoms with Gasteiger partial charge in [0.15, 0.2) is 0 Å². The van der Waals surface area contributed by atoms with E-state index in [1.165, 1.54) is 0 Å². The van der Waals surface area contributed by atoms with Crippen LogP contribution in [-0.2, 0) is 4.79 Å². The summed E-state index contributed by atoms with van der Waals surface area (Å²) >= 11 is 0. The van der Waals surface area contributed by atoms with Gasteiger partial charge in [-0.15, -0.1) is 0 Å². The molecule has 0 aromatic carbocycles. The predicted molar refractivity (Wildman–Crippen MR) is 48.3 cm³/mol. The highest BCUT2D eigenvalue weighted by Gasteiger charge is 2.33. The molecule has 0 saturated carbocycles. The van der Waals surface area contributed by atoms with E-state index in [0.29, 0.717) is 0 Å². The number of carboxylic acid groups (broad SMARTS) is 2. The number of azide groups is 1. The van der Waals surface area contributed by atoms with Gasteiger partial charge in [0.2, 0.25) is 0 Å². The van der Waals surface area contributed by atoms with Crippen LogP contribution in [0.1, 0.15) is 6.42 Å². The molecule has 1 rings (SSSR count). The van der Waals surface area contributed by atoms with Crippen molar-refractivity contribution in [1.29, 1.82) is 0 Å². The predicted octanol–water partition coefficient (Wildman–Crippen LogP) is 0.750. The van der Waals surface area contributed by atoms with E-state index in [-0.39, 0.29) is 19.5 Å². The fourth-order valence-electron chi connectivity index (χ4n) is 1.56. The minimum atomic E-state index is -1.20. The zero-order valence-corrected chi connectivity index (χ0v) is 7.78. The van der Waals surface area contributed by atoms with Crippen LogP contribution in [-0.4, -0.2) is 46.3 Å². The van der Waals surface area contributed by atoms with Crippen molar-refractivity contribution in [2.45, 2.75) is 12.5 Å². The molecule has 2 unspecified atom stereocenters. The van der Waals surface area contributed by atoms with E-state index in [1.807, 2.05) is 0 Å². The third-order valence-electron chi connectivity index (χ3n) is 2.26. The number of likely N-dealkylation sites (tertiary alicyclic amines) is 1. The summed E-state index contributed by atoms with van der Waals surface area (Å²) in [5.74, 6) is -1.87. The lowest BCUT2D eigenvalue weighted by atomic mass is 9.95. The SMILES string of the molecule is [N-]=[N+]=NC1CC(C(=O)O)CN(C(=O)O)C1. The summed E-state index contributed by atoms with van der Waals surface area (Å²) in [6.45, 7) is 0.00525. The Morgan fingerprint density at radius 2 is 2.07 bits per heavy atom. The van der Waals surface area contributed by atoms with Crippen LogP contribution < -0.4 is 0 Å². The molecule has 1 heterocycles. The van der Waals surface area contributed by atoms with Crippen molar-refractivity contribution in [2.24, 2.45) is 11.0 Å². The van der Waals surface area contributed by atoms with E-state index in [2.05, 4.69) is 10.0 Å². The molecule has 0 aromatic heterocycles. The van der Waals surface area contributed by atoms with Crippen molar-refractivity contribution >= 4 is 12.1 Å².